The molecule has 5 nitrogen and oxygen atoms in total. The fraction of sp³-hybridized carbons (Fsp3) is 0.222. The summed E-state index contributed by atoms with van der Waals surface area (Å²) in [5.41, 5.74) is 0.529. The number of hydrogen-bond acceptors (Lipinski definition) is 4. The molecule has 0 fully saturated rings. The predicted octanol–water partition coefficient (Wildman–Crippen LogP) is 3.81. The van der Waals surface area contributed by atoms with Crippen LogP contribution in [0.15, 0.2) is 36.4 Å². The quantitative estimate of drug-likeness (QED) is 0.767. The number of halogens is 3. The lowest BCUT2D eigenvalue weighted by molar-refractivity contribution is -0.121. The van der Waals surface area contributed by atoms with Crippen molar-refractivity contribution in [2.75, 3.05) is 19.0 Å². The van der Waals surface area contributed by atoms with Gasteiger partial charge in [0.25, 0.3) is 0 Å². The minimum atomic E-state index is -1.20. The third-order valence-corrected chi connectivity index (χ3v) is 3.77. The van der Waals surface area contributed by atoms with E-state index in [0.29, 0.717) is 22.5 Å². The molecular weight excluding hydrogens is 364 g/mol. The number of ether oxygens (including phenoxy) is 1. The normalized spacial score (nSPS) is 11.3. The van der Waals surface area contributed by atoms with Crippen LogP contribution in [-0.2, 0) is 4.79 Å². The number of anilines is 1. The number of nitrogens with one attached hydrogen (secondary N) is 2. The Bertz CT molecular complexity index is 840. The van der Waals surface area contributed by atoms with Crippen LogP contribution in [0.2, 0.25) is 5.02 Å². The lowest BCUT2D eigenvalue weighted by Crippen LogP contribution is -2.29. The summed E-state index contributed by atoms with van der Waals surface area (Å²) in [5, 5.41) is 15.1. The summed E-state index contributed by atoms with van der Waals surface area (Å²) in [6.07, 6.45) is 0.0245. The molecule has 1 amide bonds. The SMILES string of the molecule is COc1ccc(Cl)cc1NCCC(=O)N[C@@H](C#N)c1ccc(F)cc1F. The second-order valence-electron chi connectivity index (χ2n) is 5.32. The van der Waals surface area contributed by atoms with Crippen molar-refractivity contribution in [3.63, 3.8) is 0 Å². The Hall–Kier alpha value is -2.85. The summed E-state index contributed by atoms with van der Waals surface area (Å²) in [6, 6.07) is 8.43. The lowest BCUT2D eigenvalue weighted by atomic mass is 10.1. The zero-order valence-electron chi connectivity index (χ0n) is 13.9. The molecule has 0 saturated heterocycles. The lowest BCUT2D eigenvalue weighted by Gasteiger charge is -2.14. The molecule has 0 radical (unpaired) electrons. The van der Waals surface area contributed by atoms with Crippen LogP contribution in [0.25, 0.3) is 0 Å². The van der Waals surface area contributed by atoms with Crippen molar-refractivity contribution >= 4 is 23.2 Å². The molecule has 0 aromatic heterocycles. The molecule has 0 aliphatic rings. The minimum Gasteiger partial charge on any atom is -0.495 e. The Kier molecular flexibility index (Phi) is 6.75. The summed E-state index contributed by atoms with van der Waals surface area (Å²) in [6.45, 7) is 0.243. The molecule has 2 aromatic carbocycles. The van der Waals surface area contributed by atoms with Gasteiger partial charge in [0.2, 0.25) is 5.91 Å². The van der Waals surface area contributed by atoms with Gasteiger partial charge in [-0.05, 0) is 24.3 Å². The Labute approximate surface area is 154 Å². The highest BCUT2D eigenvalue weighted by Crippen LogP contribution is 2.27. The van der Waals surface area contributed by atoms with E-state index in [1.165, 1.54) is 7.11 Å². The van der Waals surface area contributed by atoms with Crippen LogP contribution in [0.4, 0.5) is 14.5 Å². The molecule has 2 rings (SSSR count). The highest BCUT2D eigenvalue weighted by molar-refractivity contribution is 6.30. The number of carbonyl (C=O) groups is 1. The van der Waals surface area contributed by atoms with Crippen molar-refractivity contribution in [2.24, 2.45) is 0 Å². The van der Waals surface area contributed by atoms with Gasteiger partial charge in [0, 0.05) is 29.6 Å². The standard InChI is InChI=1S/C18H16ClF2N3O2/c1-26-17-5-2-11(19)8-15(17)23-7-6-18(25)24-16(10-22)13-4-3-12(20)9-14(13)21/h2-5,8-9,16,23H,6-7H2,1H3,(H,24,25)/t16-/m0/s1. The average molecular weight is 380 g/mol. The van der Waals surface area contributed by atoms with E-state index in [4.69, 9.17) is 21.6 Å². The van der Waals surface area contributed by atoms with E-state index in [1.54, 1.807) is 24.3 Å². The van der Waals surface area contributed by atoms with E-state index in [2.05, 4.69) is 10.6 Å². The highest BCUT2D eigenvalue weighted by atomic mass is 35.5. The first-order chi connectivity index (χ1) is 12.4. The highest BCUT2D eigenvalue weighted by Gasteiger charge is 2.18. The monoisotopic (exact) mass is 379 g/mol. The number of benzene rings is 2. The zero-order chi connectivity index (χ0) is 19.1. The molecule has 0 aliphatic carbocycles. The maximum atomic E-state index is 13.8. The topological polar surface area (TPSA) is 74.2 Å². The van der Waals surface area contributed by atoms with E-state index in [-0.39, 0.29) is 18.5 Å². The first-order valence-electron chi connectivity index (χ1n) is 7.66. The molecule has 0 saturated carbocycles. The molecular formula is C18H16ClF2N3O2. The number of nitriles is 1. The van der Waals surface area contributed by atoms with E-state index >= 15 is 0 Å². The molecule has 26 heavy (non-hydrogen) atoms. The average Bonchev–Trinajstić information content (AvgIpc) is 2.60. The Morgan fingerprint density at radius 3 is 2.73 bits per heavy atom. The van der Waals surface area contributed by atoms with Crippen LogP contribution in [-0.4, -0.2) is 19.6 Å². The second-order valence-corrected chi connectivity index (χ2v) is 5.75. The van der Waals surface area contributed by atoms with Gasteiger partial charge in [-0.2, -0.15) is 5.26 Å². The van der Waals surface area contributed by atoms with Crippen LogP contribution in [0.3, 0.4) is 0 Å². The molecule has 8 heteroatoms. The van der Waals surface area contributed by atoms with Gasteiger partial charge in [-0.1, -0.05) is 17.7 Å². The van der Waals surface area contributed by atoms with Crippen LogP contribution >= 0.6 is 11.6 Å². The van der Waals surface area contributed by atoms with Crippen LogP contribution < -0.4 is 15.4 Å². The van der Waals surface area contributed by atoms with Gasteiger partial charge in [0.1, 0.15) is 23.4 Å². The van der Waals surface area contributed by atoms with Gasteiger partial charge in [0.15, 0.2) is 0 Å². The third kappa shape index (κ3) is 5.07. The number of nitrogens with zero attached hydrogens (tertiary/aromatic N) is 1. The zero-order valence-corrected chi connectivity index (χ0v) is 14.6. The fourth-order valence-electron chi connectivity index (χ4n) is 2.28. The Morgan fingerprint density at radius 2 is 2.08 bits per heavy atom. The number of amides is 1. The van der Waals surface area contributed by atoms with Gasteiger partial charge in [-0.25, -0.2) is 8.78 Å². The Balaban J connectivity index is 1.94. The Morgan fingerprint density at radius 1 is 1.31 bits per heavy atom. The molecule has 1 atom stereocenters. The van der Waals surface area contributed by atoms with Crippen molar-refractivity contribution in [3.8, 4) is 11.8 Å². The molecule has 0 heterocycles. The van der Waals surface area contributed by atoms with Gasteiger partial charge in [-0.15, -0.1) is 0 Å². The maximum absolute atomic E-state index is 13.8. The van der Waals surface area contributed by atoms with Crippen LogP contribution in [0.5, 0.6) is 5.75 Å². The van der Waals surface area contributed by atoms with E-state index in [1.807, 2.05) is 0 Å². The smallest absolute Gasteiger partial charge is 0.223 e. The number of hydrogen-bond donors (Lipinski definition) is 2. The van der Waals surface area contributed by atoms with Gasteiger partial charge in [-0.3, -0.25) is 4.79 Å². The first kappa shape index (κ1) is 19.5. The van der Waals surface area contributed by atoms with Gasteiger partial charge < -0.3 is 15.4 Å². The maximum Gasteiger partial charge on any atom is 0.223 e. The molecule has 0 spiro atoms. The van der Waals surface area contributed by atoms with E-state index in [9.17, 15) is 13.6 Å². The van der Waals surface area contributed by atoms with Crippen molar-refractivity contribution in [2.45, 2.75) is 12.5 Å². The van der Waals surface area contributed by atoms with Gasteiger partial charge in [0.05, 0.1) is 18.9 Å². The van der Waals surface area contributed by atoms with Gasteiger partial charge >= 0.3 is 0 Å². The van der Waals surface area contributed by atoms with Crippen molar-refractivity contribution < 1.29 is 18.3 Å². The van der Waals surface area contributed by atoms with E-state index < -0.39 is 23.6 Å². The predicted molar refractivity (Wildman–Crippen MR) is 94.0 cm³/mol. The summed E-state index contributed by atoms with van der Waals surface area (Å²) >= 11 is 5.92. The fourth-order valence-corrected chi connectivity index (χ4v) is 2.45. The summed E-state index contributed by atoms with van der Waals surface area (Å²) in [7, 11) is 1.51. The third-order valence-electron chi connectivity index (χ3n) is 3.54. The number of rotatable bonds is 7. The van der Waals surface area contributed by atoms with Crippen LogP contribution in [0.1, 0.15) is 18.0 Å². The summed E-state index contributed by atoms with van der Waals surface area (Å²) in [5.74, 6) is -1.54. The largest absolute Gasteiger partial charge is 0.495 e. The van der Waals surface area contributed by atoms with Crippen molar-refractivity contribution in [1.29, 1.82) is 5.26 Å². The van der Waals surface area contributed by atoms with E-state index in [0.717, 1.165) is 12.1 Å². The van der Waals surface area contributed by atoms with Crippen molar-refractivity contribution in [3.05, 3.63) is 58.6 Å². The summed E-state index contributed by atoms with van der Waals surface area (Å²) in [4.78, 5) is 12.0. The minimum absolute atomic E-state index is 0.0245. The summed E-state index contributed by atoms with van der Waals surface area (Å²) < 4.78 is 31.9. The molecule has 0 unspecified atom stereocenters. The molecule has 0 aliphatic heterocycles. The van der Waals surface area contributed by atoms with Crippen molar-refractivity contribution in [1.82, 2.24) is 5.32 Å². The number of methoxy groups -OCH3 is 1. The molecule has 2 aromatic rings. The molecule has 2 N–H and O–H groups in total. The van der Waals surface area contributed by atoms with Crippen LogP contribution in [0, 0.1) is 23.0 Å². The molecule has 136 valence electrons. The number of carbonyl (C=O) groups excluding carboxylic acids is 1. The second kappa shape index (κ2) is 9.02. The molecule has 0 bridgehead atoms. The first-order valence-corrected chi connectivity index (χ1v) is 8.03.